The van der Waals surface area contributed by atoms with Gasteiger partial charge in [0.15, 0.2) is 9.84 Å². The molecule has 1 aliphatic heterocycles. The van der Waals surface area contributed by atoms with Crippen LogP contribution in [0.25, 0.3) is 16.5 Å². The number of ether oxygens (including phenoxy) is 1. The highest BCUT2D eigenvalue weighted by Gasteiger charge is 2.29. The van der Waals surface area contributed by atoms with Crippen LogP contribution in [0.1, 0.15) is 16.8 Å². The lowest BCUT2D eigenvalue weighted by Gasteiger charge is -2.15. The minimum atomic E-state index is -3.11. The first kappa shape index (κ1) is 19.2. The molecule has 1 N–H and O–H groups in total. The first-order chi connectivity index (χ1) is 13.9. The van der Waals surface area contributed by atoms with Gasteiger partial charge in [-0.3, -0.25) is 14.2 Å². The maximum absolute atomic E-state index is 13.0. The van der Waals surface area contributed by atoms with E-state index in [-0.39, 0.29) is 17.1 Å². The fourth-order valence-corrected chi connectivity index (χ4v) is 5.25. The molecular formula is C21H20N2O5S. The van der Waals surface area contributed by atoms with E-state index < -0.39 is 21.8 Å². The minimum absolute atomic E-state index is 0.0607. The zero-order valence-corrected chi connectivity index (χ0v) is 16.6. The maximum atomic E-state index is 13.0. The first-order valence-electron chi connectivity index (χ1n) is 9.18. The summed E-state index contributed by atoms with van der Waals surface area (Å²) in [4.78, 5) is 26.0. The molecule has 1 fully saturated rings. The van der Waals surface area contributed by atoms with Gasteiger partial charge < -0.3 is 10.1 Å². The van der Waals surface area contributed by atoms with Gasteiger partial charge in [-0.2, -0.15) is 0 Å². The number of nitrogens with one attached hydrogen (secondary N) is 1. The number of aromatic nitrogens is 1. The van der Waals surface area contributed by atoms with Crippen molar-refractivity contribution in [3.8, 4) is 11.4 Å². The maximum Gasteiger partial charge on any atom is 0.262 e. The highest BCUT2D eigenvalue weighted by atomic mass is 32.2. The monoisotopic (exact) mass is 412 g/mol. The summed E-state index contributed by atoms with van der Waals surface area (Å²) in [6.07, 6.45) is 1.90. The Kier molecular flexibility index (Phi) is 4.87. The Morgan fingerprint density at radius 2 is 1.79 bits per heavy atom. The molecule has 1 saturated heterocycles. The number of pyridine rings is 1. The van der Waals surface area contributed by atoms with Gasteiger partial charge in [-0.1, -0.05) is 18.2 Å². The van der Waals surface area contributed by atoms with Crippen molar-refractivity contribution in [2.45, 2.75) is 12.5 Å². The summed E-state index contributed by atoms with van der Waals surface area (Å²) in [5.74, 6) is 0.271. The van der Waals surface area contributed by atoms with Crippen LogP contribution in [0.5, 0.6) is 5.75 Å². The molecule has 0 bridgehead atoms. The second kappa shape index (κ2) is 7.36. The third-order valence-electron chi connectivity index (χ3n) is 5.09. The van der Waals surface area contributed by atoms with Gasteiger partial charge in [0.25, 0.3) is 11.5 Å². The van der Waals surface area contributed by atoms with Crippen LogP contribution in [0.4, 0.5) is 0 Å². The van der Waals surface area contributed by atoms with Crippen molar-refractivity contribution in [1.29, 1.82) is 0 Å². The number of hydrogen-bond donors (Lipinski definition) is 1. The molecule has 4 rings (SSSR count). The van der Waals surface area contributed by atoms with Crippen LogP contribution in [0.2, 0.25) is 0 Å². The van der Waals surface area contributed by atoms with Gasteiger partial charge in [-0.05, 0) is 36.8 Å². The number of fused-ring (bicyclic) bond motifs is 1. The molecule has 8 heteroatoms. The highest BCUT2D eigenvalue weighted by Crippen LogP contribution is 2.20. The van der Waals surface area contributed by atoms with Crippen LogP contribution in [0, 0.1) is 0 Å². The van der Waals surface area contributed by atoms with Gasteiger partial charge in [-0.15, -0.1) is 0 Å². The lowest BCUT2D eigenvalue weighted by atomic mass is 10.1. The van der Waals surface area contributed by atoms with Crippen molar-refractivity contribution < 1.29 is 17.9 Å². The van der Waals surface area contributed by atoms with Gasteiger partial charge in [-0.25, -0.2) is 8.42 Å². The minimum Gasteiger partial charge on any atom is -0.497 e. The Labute approximate surface area is 167 Å². The molecule has 3 aromatic rings. The molecular weight excluding hydrogens is 392 g/mol. The summed E-state index contributed by atoms with van der Waals surface area (Å²) in [5.41, 5.74) is 0.671. The first-order valence-corrected chi connectivity index (χ1v) is 11.0. The van der Waals surface area contributed by atoms with E-state index in [1.165, 1.54) is 10.8 Å². The summed E-state index contributed by atoms with van der Waals surface area (Å²) < 4.78 is 30.0. The Hall–Kier alpha value is -3.13. The second-order valence-corrected chi connectivity index (χ2v) is 9.26. The number of hydrogen-bond acceptors (Lipinski definition) is 5. The van der Waals surface area contributed by atoms with Crippen molar-refractivity contribution in [3.05, 3.63) is 70.6 Å². The summed E-state index contributed by atoms with van der Waals surface area (Å²) in [7, 11) is -1.55. The largest absolute Gasteiger partial charge is 0.497 e. The Morgan fingerprint density at radius 3 is 2.41 bits per heavy atom. The van der Waals surface area contributed by atoms with E-state index in [1.807, 2.05) is 0 Å². The standard InChI is InChI=1S/C21H20N2O5S/c1-28-16-8-6-15(7-9-16)23-12-19(17-4-2-3-5-18(17)21(23)25)20(24)22-14-10-11-29(26,27)13-14/h2-9,12,14H,10-11,13H2,1H3,(H,22,24)/t14-/m0/s1. The lowest BCUT2D eigenvalue weighted by Crippen LogP contribution is -2.36. The third-order valence-corrected chi connectivity index (χ3v) is 6.86. The Balaban J connectivity index is 1.79. The van der Waals surface area contributed by atoms with Crippen molar-refractivity contribution in [1.82, 2.24) is 9.88 Å². The number of methoxy groups -OCH3 is 1. The average Bonchev–Trinajstić information content (AvgIpc) is 3.06. The molecule has 0 spiro atoms. The Morgan fingerprint density at radius 1 is 1.10 bits per heavy atom. The number of carbonyl (C=O) groups is 1. The molecule has 7 nitrogen and oxygen atoms in total. The molecule has 0 saturated carbocycles. The number of rotatable bonds is 4. The second-order valence-electron chi connectivity index (χ2n) is 7.03. The SMILES string of the molecule is COc1ccc(-n2cc(C(=O)N[C@H]3CCS(=O)(=O)C3)c3ccccc3c2=O)cc1. The molecule has 1 atom stereocenters. The van der Waals surface area contributed by atoms with E-state index in [1.54, 1.807) is 55.6 Å². The van der Waals surface area contributed by atoms with E-state index in [2.05, 4.69) is 5.32 Å². The molecule has 150 valence electrons. The van der Waals surface area contributed by atoms with Crippen LogP contribution in [-0.4, -0.2) is 43.5 Å². The van der Waals surface area contributed by atoms with Crippen LogP contribution in [-0.2, 0) is 9.84 Å². The smallest absolute Gasteiger partial charge is 0.262 e. The summed E-state index contributed by atoms with van der Waals surface area (Å²) in [6, 6.07) is 13.4. The van der Waals surface area contributed by atoms with E-state index in [0.29, 0.717) is 34.2 Å². The summed E-state index contributed by atoms with van der Waals surface area (Å²) in [5, 5.41) is 3.75. The molecule has 0 radical (unpaired) electrons. The number of sulfone groups is 1. The van der Waals surface area contributed by atoms with Crippen molar-refractivity contribution in [2.75, 3.05) is 18.6 Å². The quantitative estimate of drug-likeness (QED) is 0.707. The van der Waals surface area contributed by atoms with Crippen LogP contribution in [0.15, 0.2) is 59.5 Å². The van der Waals surface area contributed by atoms with Crippen molar-refractivity contribution >= 4 is 26.5 Å². The molecule has 0 aliphatic carbocycles. The molecule has 1 aliphatic rings. The topological polar surface area (TPSA) is 94.5 Å². The third kappa shape index (κ3) is 3.75. The zero-order valence-electron chi connectivity index (χ0n) is 15.8. The predicted molar refractivity (Wildman–Crippen MR) is 111 cm³/mol. The molecule has 29 heavy (non-hydrogen) atoms. The molecule has 2 heterocycles. The van der Waals surface area contributed by atoms with Gasteiger partial charge in [0.1, 0.15) is 5.75 Å². The number of nitrogens with zero attached hydrogens (tertiary/aromatic N) is 1. The zero-order chi connectivity index (χ0) is 20.6. The normalized spacial score (nSPS) is 17.9. The molecule has 1 aromatic heterocycles. The molecule has 1 amide bonds. The Bertz CT molecular complexity index is 1250. The number of benzene rings is 2. The van der Waals surface area contributed by atoms with E-state index >= 15 is 0 Å². The van der Waals surface area contributed by atoms with Crippen molar-refractivity contribution in [2.24, 2.45) is 0 Å². The predicted octanol–water partition coefficient (Wildman–Crippen LogP) is 1.92. The fraction of sp³-hybridized carbons (Fsp3) is 0.238. The summed E-state index contributed by atoms with van der Waals surface area (Å²) in [6.45, 7) is 0. The molecule has 2 aromatic carbocycles. The van der Waals surface area contributed by atoms with Crippen molar-refractivity contribution in [3.63, 3.8) is 0 Å². The van der Waals surface area contributed by atoms with Crippen LogP contribution >= 0.6 is 0 Å². The van der Waals surface area contributed by atoms with E-state index in [4.69, 9.17) is 4.74 Å². The summed E-state index contributed by atoms with van der Waals surface area (Å²) >= 11 is 0. The molecule has 0 unspecified atom stereocenters. The van der Waals surface area contributed by atoms with Crippen LogP contribution in [0.3, 0.4) is 0 Å². The highest BCUT2D eigenvalue weighted by molar-refractivity contribution is 7.91. The van der Waals surface area contributed by atoms with Gasteiger partial charge in [0, 0.05) is 28.7 Å². The van der Waals surface area contributed by atoms with Gasteiger partial charge in [0.2, 0.25) is 0 Å². The lowest BCUT2D eigenvalue weighted by molar-refractivity contribution is 0.0942. The number of carbonyl (C=O) groups excluding carboxylic acids is 1. The average molecular weight is 412 g/mol. The van der Waals surface area contributed by atoms with E-state index in [9.17, 15) is 18.0 Å². The van der Waals surface area contributed by atoms with Gasteiger partial charge in [0.05, 0.1) is 24.2 Å². The number of amides is 1. The van der Waals surface area contributed by atoms with E-state index in [0.717, 1.165) is 0 Å². The van der Waals surface area contributed by atoms with Crippen LogP contribution < -0.4 is 15.6 Å². The fourth-order valence-electron chi connectivity index (χ4n) is 3.58. The van der Waals surface area contributed by atoms with Gasteiger partial charge >= 0.3 is 0 Å².